The normalized spacial score (nSPS) is 29.9. The lowest BCUT2D eigenvalue weighted by Gasteiger charge is -2.41. The summed E-state index contributed by atoms with van der Waals surface area (Å²) in [5.41, 5.74) is 2.43. The quantitative estimate of drug-likeness (QED) is 0.616. The maximum absolute atomic E-state index is 12.2. The van der Waals surface area contributed by atoms with Crippen LogP contribution in [-0.2, 0) is 11.2 Å². The van der Waals surface area contributed by atoms with E-state index in [9.17, 15) is 14.7 Å². The molecule has 4 atom stereocenters. The number of nitrogens with zero attached hydrogens (tertiary/aromatic N) is 2. The van der Waals surface area contributed by atoms with Crippen LogP contribution in [-0.4, -0.2) is 59.2 Å². The fraction of sp³-hybridized carbons (Fsp3) is 0.704. The molecular weight excluding hydrogens is 416 g/mol. The first-order valence-corrected chi connectivity index (χ1v) is 12.8. The van der Waals surface area contributed by atoms with E-state index in [1.807, 2.05) is 17.0 Å². The zero-order valence-electron chi connectivity index (χ0n) is 20.1. The number of rotatable bonds is 8. The number of hydrogen-bond acceptors (Lipinski definition) is 3. The Morgan fingerprint density at radius 3 is 2.61 bits per heavy atom. The topological polar surface area (TPSA) is 70.1 Å². The summed E-state index contributed by atoms with van der Waals surface area (Å²) in [5.74, 6) is 3.24. The van der Waals surface area contributed by atoms with Gasteiger partial charge in [0.15, 0.2) is 0 Å². The number of amides is 2. The Morgan fingerprint density at radius 1 is 1.18 bits per heavy atom. The van der Waals surface area contributed by atoms with Crippen LogP contribution in [0.4, 0.5) is 4.79 Å². The number of aryl methyl sites for hydroxylation is 1. The Hall–Kier alpha value is -2.24. The van der Waals surface area contributed by atoms with Crippen molar-refractivity contribution in [2.24, 2.45) is 23.2 Å². The average molecular weight is 455 g/mol. The third-order valence-electron chi connectivity index (χ3n) is 8.94. The smallest absolute Gasteiger partial charge is 0.407 e. The van der Waals surface area contributed by atoms with Crippen molar-refractivity contribution in [2.45, 2.75) is 71.3 Å². The first-order valence-electron chi connectivity index (χ1n) is 12.8. The molecule has 2 aliphatic heterocycles. The molecule has 0 bridgehead atoms. The van der Waals surface area contributed by atoms with Gasteiger partial charge in [-0.05, 0) is 98.3 Å². The minimum absolute atomic E-state index is 0.209. The van der Waals surface area contributed by atoms with Gasteiger partial charge >= 0.3 is 6.09 Å². The van der Waals surface area contributed by atoms with Crippen LogP contribution in [0.5, 0.6) is 5.75 Å². The van der Waals surface area contributed by atoms with E-state index in [-0.39, 0.29) is 17.4 Å². The second kappa shape index (κ2) is 8.84. The van der Waals surface area contributed by atoms with Gasteiger partial charge in [-0.3, -0.25) is 4.79 Å². The van der Waals surface area contributed by atoms with Crippen molar-refractivity contribution in [3.8, 4) is 5.75 Å². The lowest BCUT2D eigenvalue weighted by Crippen LogP contribution is -2.49. The fourth-order valence-corrected chi connectivity index (χ4v) is 6.11. The molecule has 33 heavy (non-hydrogen) atoms. The summed E-state index contributed by atoms with van der Waals surface area (Å²) in [6.07, 6.45) is 7.60. The highest BCUT2D eigenvalue weighted by Gasteiger charge is 2.53. The van der Waals surface area contributed by atoms with Crippen molar-refractivity contribution >= 4 is 12.0 Å². The molecule has 0 aromatic heterocycles. The molecule has 1 aromatic rings. The van der Waals surface area contributed by atoms with E-state index in [1.54, 1.807) is 4.90 Å². The molecule has 0 radical (unpaired) electrons. The third-order valence-corrected chi connectivity index (χ3v) is 8.94. The van der Waals surface area contributed by atoms with Crippen molar-refractivity contribution in [1.82, 2.24) is 9.80 Å². The van der Waals surface area contributed by atoms with Gasteiger partial charge in [-0.2, -0.15) is 0 Å². The molecule has 0 spiro atoms. The number of likely N-dealkylation sites (tertiary alicyclic amines) is 2. The third kappa shape index (κ3) is 4.85. The van der Waals surface area contributed by atoms with Crippen LogP contribution in [0.1, 0.15) is 63.0 Å². The summed E-state index contributed by atoms with van der Waals surface area (Å²) in [7, 11) is 0. The first kappa shape index (κ1) is 22.5. The van der Waals surface area contributed by atoms with Gasteiger partial charge < -0.3 is 19.6 Å². The molecule has 4 aliphatic rings. The molecule has 5 rings (SSSR count). The molecule has 2 aliphatic carbocycles. The number of piperidine rings is 1. The molecule has 2 saturated carbocycles. The van der Waals surface area contributed by atoms with Gasteiger partial charge in [-0.25, -0.2) is 4.79 Å². The fourth-order valence-electron chi connectivity index (χ4n) is 6.11. The van der Waals surface area contributed by atoms with E-state index in [2.05, 4.69) is 19.9 Å². The van der Waals surface area contributed by atoms with Gasteiger partial charge in [-0.1, -0.05) is 13.0 Å². The van der Waals surface area contributed by atoms with E-state index >= 15 is 0 Å². The molecule has 4 fully saturated rings. The molecular formula is C27H38N2O4. The predicted octanol–water partition coefficient (Wildman–Crippen LogP) is 4.73. The zero-order valence-corrected chi connectivity index (χ0v) is 20.1. The Bertz CT molecular complexity index is 907. The maximum Gasteiger partial charge on any atom is 0.407 e. The van der Waals surface area contributed by atoms with E-state index in [0.717, 1.165) is 68.2 Å². The first-order chi connectivity index (χ1) is 15.8. The van der Waals surface area contributed by atoms with Crippen molar-refractivity contribution in [2.75, 3.05) is 26.2 Å². The van der Waals surface area contributed by atoms with Gasteiger partial charge in [0, 0.05) is 25.7 Å². The number of hydrogen-bond donors (Lipinski definition) is 1. The SMILES string of the molecule is Cc1cc(OCC[C@@H]2C[C@@H]2C2CCN(C(=O)O)C(C3(C)CC3)C2)ccc1CC(=O)N1CCC1. The predicted molar refractivity (Wildman–Crippen MR) is 126 cm³/mol. The number of benzene rings is 1. The van der Waals surface area contributed by atoms with E-state index in [0.29, 0.717) is 24.8 Å². The molecule has 2 saturated heterocycles. The van der Waals surface area contributed by atoms with Crippen molar-refractivity contribution in [1.29, 1.82) is 0 Å². The molecule has 1 aromatic carbocycles. The van der Waals surface area contributed by atoms with Crippen LogP contribution in [0.2, 0.25) is 0 Å². The number of ether oxygens (including phenoxy) is 1. The lowest BCUT2D eigenvalue weighted by atomic mass is 9.80. The highest BCUT2D eigenvalue weighted by atomic mass is 16.5. The number of carbonyl (C=O) groups excluding carboxylic acids is 1. The highest BCUT2D eigenvalue weighted by Crippen LogP contribution is 2.57. The molecule has 6 heteroatoms. The molecule has 2 heterocycles. The van der Waals surface area contributed by atoms with Crippen molar-refractivity contribution in [3.63, 3.8) is 0 Å². The minimum Gasteiger partial charge on any atom is -0.494 e. The van der Waals surface area contributed by atoms with E-state index in [1.165, 1.54) is 19.3 Å². The molecule has 2 amide bonds. The van der Waals surface area contributed by atoms with Crippen molar-refractivity contribution < 1.29 is 19.4 Å². The lowest BCUT2D eigenvalue weighted by molar-refractivity contribution is -0.133. The summed E-state index contributed by atoms with van der Waals surface area (Å²) >= 11 is 0. The Balaban J connectivity index is 1.07. The Labute approximate surface area is 197 Å². The maximum atomic E-state index is 12.2. The summed E-state index contributed by atoms with van der Waals surface area (Å²) in [5, 5.41) is 9.63. The van der Waals surface area contributed by atoms with Gasteiger partial charge in [0.1, 0.15) is 5.75 Å². The Kier molecular flexibility index (Phi) is 6.04. The van der Waals surface area contributed by atoms with Crippen LogP contribution >= 0.6 is 0 Å². The molecule has 2 unspecified atom stereocenters. The van der Waals surface area contributed by atoms with Gasteiger partial charge in [0.05, 0.1) is 13.0 Å². The highest BCUT2D eigenvalue weighted by molar-refractivity contribution is 5.79. The minimum atomic E-state index is -0.737. The summed E-state index contributed by atoms with van der Waals surface area (Å²) in [6.45, 7) is 7.55. The van der Waals surface area contributed by atoms with Crippen LogP contribution in [0, 0.1) is 30.1 Å². The second-order valence-electron chi connectivity index (χ2n) is 11.2. The van der Waals surface area contributed by atoms with Gasteiger partial charge in [0.25, 0.3) is 0 Å². The van der Waals surface area contributed by atoms with E-state index in [4.69, 9.17) is 4.74 Å². The second-order valence-corrected chi connectivity index (χ2v) is 11.2. The van der Waals surface area contributed by atoms with Crippen LogP contribution < -0.4 is 4.74 Å². The monoisotopic (exact) mass is 454 g/mol. The molecule has 180 valence electrons. The van der Waals surface area contributed by atoms with Crippen molar-refractivity contribution in [3.05, 3.63) is 29.3 Å². The van der Waals surface area contributed by atoms with E-state index < -0.39 is 6.09 Å². The Morgan fingerprint density at radius 2 is 1.97 bits per heavy atom. The van der Waals surface area contributed by atoms with Crippen LogP contribution in [0.3, 0.4) is 0 Å². The number of carbonyl (C=O) groups is 2. The van der Waals surface area contributed by atoms with Crippen LogP contribution in [0.25, 0.3) is 0 Å². The van der Waals surface area contributed by atoms with Gasteiger partial charge in [0.2, 0.25) is 5.91 Å². The van der Waals surface area contributed by atoms with Crippen LogP contribution in [0.15, 0.2) is 18.2 Å². The molecule has 1 N–H and O–H groups in total. The standard InChI is InChI=1S/C27H38N2O4/c1-18-14-22(5-4-19(18)17-25(30)28-10-3-11-28)33-13-7-21-15-23(21)20-6-12-29(26(31)32)24(16-20)27(2)8-9-27/h4-5,14,20-21,23-24H,3,6-13,15-17H2,1-2H3,(H,31,32)/t20?,21-,23-,24?/m1/s1. The summed E-state index contributed by atoms with van der Waals surface area (Å²) in [4.78, 5) is 27.6. The summed E-state index contributed by atoms with van der Waals surface area (Å²) < 4.78 is 6.07. The molecule has 6 nitrogen and oxygen atoms in total. The zero-order chi connectivity index (χ0) is 23.2. The average Bonchev–Trinajstić information content (AvgIpc) is 3.66. The number of carboxylic acid groups (broad SMARTS) is 1. The van der Waals surface area contributed by atoms with Gasteiger partial charge in [-0.15, -0.1) is 0 Å². The largest absolute Gasteiger partial charge is 0.494 e. The summed E-state index contributed by atoms with van der Waals surface area (Å²) in [6, 6.07) is 6.31.